The molecule has 0 radical (unpaired) electrons. The summed E-state index contributed by atoms with van der Waals surface area (Å²) in [5.74, 6) is -0.101. The standard InChI is InChI=1S/C25H29FN4O2S/c1-18-12-19(2)14-22(13-18)30-7-6-27-25(30)33-17-24(31)28-16-23(29-8-10-32-11-9-29)20-4-3-5-21(26)15-20/h3-7,12-15,23H,8-11,16-17H2,1-2H3,(H,28,31). The maximum atomic E-state index is 13.9. The van der Waals surface area contributed by atoms with Gasteiger partial charge in [-0.15, -0.1) is 0 Å². The Morgan fingerprint density at radius 1 is 1.18 bits per heavy atom. The third-order valence-electron chi connectivity index (χ3n) is 5.64. The fraction of sp³-hybridized carbons (Fsp3) is 0.360. The van der Waals surface area contributed by atoms with Crippen LogP contribution in [0, 0.1) is 19.7 Å². The van der Waals surface area contributed by atoms with Gasteiger partial charge in [-0.2, -0.15) is 0 Å². The van der Waals surface area contributed by atoms with Crippen LogP contribution >= 0.6 is 11.8 Å². The number of halogens is 1. The van der Waals surface area contributed by atoms with Crippen LogP contribution in [0.3, 0.4) is 0 Å². The highest BCUT2D eigenvalue weighted by Crippen LogP contribution is 2.24. The number of aryl methyl sites for hydroxylation is 2. The predicted molar refractivity (Wildman–Crippen MR) is 128 cm³/mol. The van der Waals surface area contributed by atoms with Crippen LogP contribution in [0.1, 0.15) is 22.7 Å². The van der Waals surface area contributed by atoms with Crippen LogP contribution < -0.4 is 5.32 Å². The summed E-state index contributed by atoms with van der Waals surface area (Å²) in [6, 6.07) is 12.8. The number of morpholine rings is 1. The van der Waals surface area contributed by atoms with E-state index in [0.717, 1.165) is 29.5 Å². The molecule has 3 aromatic rings. The van der Waals surface area contributed by atoms with Gasteiger partial charge in [-0.25, -0.2) is 9.37 Å². The van der Waals surface area contributed by atoms with E-state index < -0.39 is 0 Å². The number of carbonyl (C=O) groups excluding carboxylic acids is 1. The molecule has 174 valence electrons. The smallest absolute Gasteiger partial charge is 0.230 e. The van der Waals surface area contributed by atoms with Crippen LogP contribution in [-0.2, 0) is 9.53 Å². The first-order chi connectivity index (χ1) is 16.0. The van der Waals surface area contributed by atoms with Crippen LogP contribution in [0.4, 0.5) is 4.39 Å². The Morgan fingerprint density at radius 3 is 2.67 bits per heavy atom. The minimum atomic E-state index is -0.272. The molecule has 8 heteroatoms. The average Bonchev–Trinajstić information content (AvgIpc) is 3.27. The highest BCUT2D eigenvalue weighted by Gasteiger charge is 2.23. The number of hydrogen-bond donors (Lipinski definition) is 1. The van der Waals surface area contributed by atoms with Crippen LogP contribution in [0.2, 0.25) is 0 Å². The molecule has 0 saturated carbocycles. The van der Waals surface area contributed by atoms with Gasteiger partial charge in [0.2, 0.25) is 5.91 Å². The largest absolute Gasteiger partial charge is 0.379 e. The molecule has 1 saturated heterocycles. The topological polar surface area (TPSA) is 59.4 Å². The molecule has 33 heavy (non-hydrogen) atoms. The molecular formula is C25H29FN4O2S. The molecule has 6 nitrogen and oxygen atoms in total. The van der Waals surface area contributed by atoms with E-state index in [2.05, 4.69) is 47.2 Å². The van der Waals surface area contributed by atoms with Crippen molar-refractivity contribution in [2.45, 2.75) is 25.0 Å². The van der Waals surface area contributed by atoms with Crippen molar-refractivity contribution in [1.29, 1.82) is 0 Å². The number of carbonyl (C=O) groups is 1. The second-order valence-electron chi connectivity index (χ2n) is 8.24. The van der Waals surface area contributed by atoms with Crippen molar-refractivity contribution in [3.05, 3.63) is 77.4 Å². The summed E-state index contributed by atoms with van der Waals surface area (Å²) in [4.78, 5) is 19.4. The lowest BCUT2D eigenvalue weighted by molar-refractivity contribution is -0.118. The van der Waals surface area contributed by atoms with Gasteiger partial charge in [0.05, 0.1) is 25.0 Å². The van der Waals surface area contributed by atoms with E-state index in [4.69, 9.17) is 4.74 Å². The molecule has 1 aliphatic rings. The first-order valence-corrected chi connectivity index (χ1v) is 12.1. The fourth-order valence-corrected chi connectivity index (χ4v) is 4.94. The molecule has 1 atom stereocenters. The zero-order chi connectivity index (χ0) is 23.2. The Hall–Kier alpha value is -2.68. The molecule has 2 heterocycles. The summed E-state index contributed by atoms with van der Waals surface area (Å²) in [5, 5.41) is 3.80. The van der Waals surface area contributed by atoms with Crippen molar-refractivity contribution < 1.29 is 13.9 Å². The number of imidazole rings is 1. The number of benzene rings is 2. The first-order valence-electron chi connectivity index (χ1n) is 11.1. The molecule has 1 aromatic heterocycles. The minimum absolute atomic E-state index is 0.0790. The fourth-order valence-electron chi connectivity index (χ4n) is 4.14. The van der Waals surface area contributed by atoms with Gasteiger partial charge in [0.25, 0.3) is 0 Å². The Balaban J connectivity index is 1.39. The maximum absolute atomic E-state index is 13.9. The Kier molecular flexibility index (Phi) is 7.80. The molecule has 1 aliphatic heterocycles. The van der Waals surface area contributed by atoms with Crippen LogP contribution in [0.5, 0.6) is 0 Å². The summed E-state index contributed by atoms with van der Waals surface area (Å²) in [7, 11) is 0. The number of hydrogen-bond acceptors (Lipinski definition) is 5. The molecule has 1 amide bonds. The molecule has 1 unspecified atom stereocenters. The molecule has 2 aromatic carbocycles. The zero-order valence-electron chi connectivity index (χ0n) is 19.0. The first kappa shape index (κ1) is 23.5. The number of thioether (sulfide) groups is 1. The molecule has 0 bridgehead atoms. The van der Waals surface area contributed by atoms with Crippen LogP contribution in [-0.4, -0.2) is 59.0 Å². The van der Waals surface area contributed by atoms with Gasteiger partial charge in [0.1, 0.15) is 5.82 Å². The number of aromatic nitrogens is 2. The highest BCUT2D eigenvalue weighted by atomic mass is 32.2. The molecule has 0 aliphatic carbocycles. The van der Waals surface area contributed by atoms with Gasteiger partial charge in [0, 0.05) is 37.7 Å². The summed E-state index contributed by atoms with van der Waals surface area (Å²) in [6.07, 6.45) is 3.66. The van der Waals surface area contributed by atoms with E-state index in [-0.39, 0.29) is 23.5 Å². The van der Waals surface area contributed by atoms with E-state index >= 15 is 0 Å². The summed E-state index contributed by atoms with van der Waals surface area (Å²) in [6.45, 7) is 7.31. The Bertz CT molecular complexity index is 1080. The average molecular weight is 469 g/mol. The number of nitrogens with zero attached hydrogens (tertiary/aromatic N) is 3. The van der Waals surface area contributed by atoms with Gasteiger partial charge in [-0.3, -0.25) is 14.3 Å². The van der Waals surface area contributed by atoms with Gasteiger partial charge < -0.3 is 10.1 Å². The second-order valence-corrected chi connectivity index (χ2v) is 9.18. The van der Waals surface area contributed by atoms with Crippen molar-refractivity contribution >= 4 is 17.7 Å². The van der Waals surface area contributed by atoms with E-state index in [9.17, 15) is 9.18 Å². The van der Waals surface area contributed by atoms with Crippen LogP contribution in [0.25, 0.3) is 5.69 Å². The van der Waals surface area contributed by atoms with E-state index in [1.54, 1.807) is 18.3 Å². The highest BCUT2D eigenvalue weighted by molar-refractivity contribution is 7.99. The number of amides is 1. The quantitative estimate of drug-likeness (QED) is 0.508. The lowest BCUT2D eigenvalue weighted by Gasteiger charge is -2.35. The third kappa shape index (κ3) is 6.22. The third-order valence-corrected chi connectivity index (χ3v) is 6.60. The van der Waals surface area contributed by atoms with Gasteiger partial charge >= 0.3 is 0 Å². The summed E-state index contributed by atoms with van der Waals surface area (Å²) < 4.78 is 21.3. The maximum Gasteiger partial charge on any atom is 0.230 e. The number of ether oxygens (including phenoxy) is 1. The van der Waals surface area contributed by atoms with Crippen molar-refractivity contribution in [2.75, 3.05) is 38.6 Å². The SMILES string of the molecule is Cc1cc(C)cc(-n2ccnc2SCC(=O)NCC(c2cccc(F)c2)N2CCOCC2)c1. The second kappa shape index (κ2) is 11.0. The summed E-state index contributed by atoms with van der Waals surface area (Å²) >= 11 is 1.40. The van der Waals surface area contributed by atoms with Crippen molar-refractivity contribution in [2.24, 2.45) is 0 Å². The molecule has 1 N–H and O–H groups in total. The van der Waals surface area contributed by atoms with Crippen molar-refractivity contribution in [3.8, 4) is 5.69 Å². The Morgan fingerprint density at radius 2 is 1.94 bits per heavy atom. The lowest BCUT2D eigenvalue weighted by Crippen LogP contribution is -2.44. The normalized spacial score (nSPS) is 15.4. The minimum Gasteiger partial charge on any atom is -0.379 e. The summed E-state index contributed by atoms with van der Waals surface area (Å²) in [5.41, 5.74) is 4.25. The van der Waals surface area contributed by atoms with Gasteiger partial charge in [-0.1, -0.05) is 30.0 Å². The number of rotatable bonds is 8. The molecule has 4 rings (SSSR count). The predicted octanol–water partition coefficient (Wildman–Crippen LogP) is 3.91. The van der Waals surface area contributed by atoms with E-state index in [1.807, 2.05) is 16.8 Å². The van der Waals surface area contributed by atoms with E-state index in [0.29, 0.717) is 19.8 Å². The van der Waals surface area contributed by atoms with E-state index in [1.165, 1.54) is 29.0 Å². The van der Waals surface area contributed by atoms with Crippen LogP contribution in [0.15, 0.2) is 60.0 Å². The Labute approximate surface area is 198 Å². The lowest BCUT2D eigenvalue weighted by atomic mass is 10.0. The molecule has 0 spiro atoms. The molecule has 1 fully saturated rings. The van der Waals surface area contributed by atoms with Crippen molar-refractivity contribution in [1.82, 2.24) is 19.8 Å². The monoisotopic (exact) mass is 468 g/mol. The van der Waals surface area contributed by atoms with Crippen molar-refractivity contribution in [3.63, 3.8) is 0 Å². The van der Waals surface area contributed by atoms with Gasteiger partial charge in [-0.05, 0) is 54.8 Å². The molecular weight excluding hydrogens is 439 g/mol. The zero-order valence-corrected chi connectivity index (χ0v) is 19.8. The number of nitrogens with one attached hydrogen (secondary N) is 1. The van der Waals surface area contributed by atoms with Gasteiger partial charge in [0.15, 0.2) is 5.16 Å².